The second-order valence-corrected chi connectivity index (χ2v) is 10.7. The highest BCUT2D eigenvalue weighted by molar-refractivity contribution is 7.90. The lowest BCUT2D eigenvalue weighted by Crippen LogP contribution is -2.51. The third-order valence-corrected chi connectivity index (χ3v) is 7.13. The van der Waals surface area contributed by atoms with Crippen LogP contribution in [0.4, 0.5) is 16.2 Å². The summed E-state index contributed by atoms with van der Waals surface area (Å²) < 4.78 is 30.2. The minimum Gasteiger partial charge on any atom is -0.423 e. The van der Waals surface area contributed by atoms with Crippen LogP contribution in [0, 0.1) is 5.41 Å². The van der Waals surface area contributed by atoms with Crippen molar-refractivity contribution in [2.45, 2.75) is 23.5 Å². The van der Waals surface area contributed by atoms with Crippen molar-refractivity contribution in [3.63, 3.8) is 0 Å². The van der Waals surface area contributed by atoms with Gasteiger partial charge in [0.15, 0.2) is 15.6 Å². The van der Waals surface area contributed by atoms with Gasteiger partial charge in [-0.3, -0.25) is 10.7 Å². The minimum absolute atomic E-state index is 0.0423. The van der Waals surface area contributed by atoms with E-state index in [0.29, 0.717) is 48.4 Å². The fourth-order valence-electron chi connectivity index (χ4n) is 4.19. The van der Waals surface area contributed by atoms with Gasteiger partial charge in [0, 0.05) is 54.7 Å². The summed E-state index contributed by atoms with van der Waals surface area (Å²) in [6.07, 6.45) is 1.66. The number of hydrogen-bond acceptors (Lipinski definition) is 7. The van der Waals surface area contributed by atoms with Crippen LogP contribution >= 0.6 is 0 Å². The molecule has 0 aromatic heterocycles. The highest BCUT2D eigenvalue weighted by Crippen LogP contribution is 2.29. The topological polar surface area (TPSA) is 146 Å². The fourth-order valence-corrected chi connectivity index (χ4v) is 5.10. The Bertz CT molecular complexity index is 1370. The van der Waals surface area contributed by atoms with Crippen molar-refractivity contribution in [2.75, 3.05) is 30.0 Å². The van der Waals surface area contributed by atoms with Crippen LogP contribution in [0.5, 0.6) is 0 Å². The molecule has 3 aromatic carbocycles. The molecule has 36 heavy (non-hydrogen) atoms. The van der Waals surface area contributed by atoms with Crippen LogP contribution in [0.15, 0.2) is 77.7 Å². The van der Waals surface area contributed by atoms with E-state index in [1.165, 1.54) is 6.26 Å². The summed E-state index contributed by atoms with van der Waals surface area (Å²) in [6.45, 7) is 1.34. The van der Waals surface area contributed by atoms with Crippen LogP contribution in [0.2, 0.25) is 0 Å². The van der Waals surface area contributed by atoms with Crippen LogP contribution in [-0.2, 0) is 14.6 Å². The molecule has 0 bridgehead atoms. The number of amidine groups is 1. The summed E-state index contributed by atoms with van der Waals surface area (Å²) in [4.78, 5) is 13.1. The number of nitrogens with two attached hydrogens (primary N) is 1. The zero-order valence-electron chi connectivity index (χ0n) is 19.9. The van der Waals surface area contributed by atoms with Gasteiger partial charge in [0.1, 0.15) is 5.84 Å². The van der Waals surface area contributed by atoms with Gasteiger partial charge in [-0.05, 0) is 35.9 Å². The molecule has 1 fully saturated rings. The third kappa shape index (κ3) is 6.02. The number of anilines is 2. The number of piperidine rings is 1. The SMILES string of the molecule is CS(=O)(=O)c1ccccc1-c1ccc(NC(=O)OC2(Nc3cccc(C(=N)N)c3)CCNCC2)cc1. The maximum absolute atomic E-state index is 12.9. The Labute approximate surface area is 210 Å². The number of nitrogen functional groups attached to an aromatic ring is 1. The van der Waals surface area contributed by atoms with Crippen LogP contribution in [-0.4, -0.2) is 45.4 Å². The first-order chi connectivity index (χ1) is 17.2. The Morgan fingerprint density at radius 1 is 1.00 bits per heavy atom. The average molecular weight is 508 g/mol. The van der Waals surface area contributed by atoms with Crippen LogP contribution in [0.25, 0.3) is 11.1 Å². The van der Waals surface area contributed by atoms with Gasteiger partial charge in [-0.2, -0.15) is 0 Å². The van der Waals surface area contributed by atoms with Crippen molar-refractivity contribution < 1.29 is 17.9 Å². The third-order valence-electron chi connectivity index (χ3n) is 5.97. The van der Waals surface area contributed by atoms with Crippen molar-refractivity contribution >= 4 is 33.1 Å². The molecule has 0 aliphatic carbocycles. The zero-order chi connectivity index (χ0) is 25.8. The van der Waals surface area contributed by atoms with Crippen molar-refractivity contribution in [2.24, 2.45) is 5.73 Å². The smallest absolute Gasteiger partial charge is 0.413 e. The van der Waals surface area contributed by atoms with Gasteiger partial charge < -0.3 is 21.1 Å². The van der Waals surface area contributed by atoms with E-state index in [2.05, 4.69) is 16.0 Å². The fraction of sp³-hybridized carbons (Fsp3) is 0.231. The molecule has 0 atom stereocenters. The van der Waals surface area contributed by atoms with Crippen LogP contribution < -0.4 is 21.7 Å². The van der Waals surface area contributed by atoms with E-state index in [1.807, 2.05) is 6.07 Å². The normalized spacial score (nSPS) is 15.0. The summed E-state index contributed by atoms with van der Waals surface area (Å²) >= 11 is 0. The van der Waals surface area contributed by atoms with Crippen LogP contribution in [0.1, 0.15) is 18.4 Å². The molecule has 1 saturated heterocycles. The first-order valence-corrected chi connectivity index (χ1v) is 13.4. The van der Waals surface area contributed by atoms with Gasteiger partial charge in [-0.15, -0.1) is 0 Å². The number of carbonyl (C=O) groups excluding carboxylic acids is 1. The predicted molar refractivity (Wildman–Crippen MR) is 141 cm³/mol. The zero-order valence-corrected chi connectivity index (χ0v) is 20.7. The lowest BCUT2D eigenvalue weighted by molar-refractivity contribution is 0.0184. The van der Waals surface area contributed by atoms with Gasteiger partial charge in [0.25, 0.3) is 0 Å². The number of rotatable bonds is 7. The second-order valence-electron chi connectivity index (χ2n) is 8.72. The predicted octanol–water partition coefficient (Wildman–Crippen LogP) is 3.78. The number of sulfone groups is 1. The van der Waals surface area contributed by atoms with E-state index >= 15 is 0 Å². The van der Waals surface area contributed by atoms with Gasteiger partial charge in [0.05, 0.1) is 4.90 Å². The van der Waals surface area contributed by atoms with E-state index < -0.39 is 21.7 Å². The lowest BCUT2D eigenvalue weighted by atomic mass is 10.0. The number of nitrogens with one attached hydrogen (secondary N) is 4. The molecular weight excluding hydrogens is 478 g/mol. The molecule has 9 nitrogen and oxygen atoms in total. The molecule has 1 heterocycles. The molecule has 6 N–H and O–H groups in total. The molecule has 0 radical (unpaired) electrons. The van der Waals surface area contributed by atoms with Crippen molar-refractivity contribution in [1.29, 1.82) is 5.41 Å². The highest BCUT2D eigenvalue weighted by atomic mass is 32.2. The monoisotopic (exact) mass is 507 g/mol. The molecule has 0 saturated carbocycles. The van der Waals surface area contributed by atoms with E-state index in [4.69, 9.17) is 15.9 Å². The van der Waals surface area contributed by atoms with Gasteiger partial charge >= 0.3 is 6.09 Å². The molecule has 188 valence electrons. The molecule has 3 aromatic rings. The van der Waals surface area contributed by atoms with E-state index in [1.54, 1.807) is 66.7 Å². The van der Waals surface area contributed by atoms with Crippen molar-refractivity contribution in [3.05, 3.63) is 78.4 Å². The maximum atomic E-state index is 12.9. The lowest BCUT2D eigenvalue weighted by Gasteiger charge is -2.38. The quantitative estimate of drug-likeness (QED) is 0.186. The van der Waals surface area contributed by atoms with E-state index in [-0.39, 0.29) is 10.7 Å². The molecule has 0 spiro atoms. The van der Waals surface area contributed by atoms with E-state index in [9.17, 15) is 13.2 Å². The Morgan fingerprint density at radius 3 is 2.36 bits per heavy atom. The standard InChI is InChI=1S/C26H29N5O4S/c1-36(33,34)23-8-3-2-7-22(23)18-9-11-20(12-10-18)30-25(32)35-26(13-15-29-16-14-26)31-21-6-4-5-19(17-21)24(27)28/h2-12,17,29,31H,13-16H2,1H3,(H3,27,28)(H,30,32). The number of amides is 1. The molecule has 1 aliphatic heterocycles. The number of carbonyl (C=O) groups is 1. The van der Waals surface area contributed by atoms with E-state index in [0.717, 1.165) is 5.56 Å². The first kappa shape index (κ1) is 25.2. The molecule has 1 amide bonds. The number of hydrogen-bond donors (Lipinski definition) is 5. The summed E-state index contributed by atoms with van der Waals surface area (Å²) in [6, 6.07) is 20.8. The molecule has 0 unspecified atom stereocenters. The Kier molecular flexibility index (Phi) is 7.27. The Morgan fingerprint density at radius 2 is 1.69 bits per heavy atom. The highest BCUT2D eigenvalue weighted by Gasteiger charge is 2.36. The summed E-state index contributed by atoms with van der Waals surface area (Å²) in [5, 5.41) is 17.0. The molecule has 1 aliphatic rings. The number of ether oxygens (including phenoxy) is 1. The minimum atomic E-state index is -3.39. The van der Waals surface area contributed by atoms with Crippen molar-refractivity contribution in [1.82, 2.24) is 5.32 Å². The molecular formula is C26H29N5O4S. The number of benzene rings is 3. The largest absolute Gasteiger partial charge is 0.423 e. The Balaban J connectivity index is 1.49. The molecule has 4 rings (SSSR count). The van der Waals surface area contributed by atoms with Gasteiger partial charge in [0.2, 0.25) is 0 Å². The molecule has 10 heteroatoms. The summed E-state index contributed by atoms with van der Waals surface area (Å²) in [7, 11) is -3.39. The van der Waals surface area contributed by atoms with Crippen molar-refractivity contribution in [3.8, 4) is 11.1 Å². The first-order valence-electron chi connectivity index (χ1n) is 11.5. The van der Waals surface area contributed by atoms with Gasteiger partial charge in [-0.25, -0.2) is 13.2 Å². The van der Waals surface area contributed by atoms with Crippen LogP contribution in [0.3, 0.4) is 0 Å². The summed E-state index contributed by atoms with van der Waals surface area (Å²) in [5.41, 5.74) is 7.79. The van der Waals surface area contributed by atoms with Gasteiger partial charge in [-0.1, -0.05) is 42.5 Å². The summed E-state index contributed by atoms with van der Waals surface area (Å²) in [5.74, 6) is -0.0423. The maximum Gasteiger partial charge on any atom is 0.413 e. The Hall–Kier alpha value is -3.89. The second kappa shape index (κ2) is 10.4. The average Bonchev–Trinajstić information content (AvgIpc) is 2.84.